The Hall–Kier alpha value is -4.08. The number of nitriles is 1. The molecular weight excluding hydrogens is 440 g/mol. The average Bonchev–Trinajstić information content (AvgIpc) is 2.86. The Balaban J connectivity index is 1.67. The minimum atomic E-state index is -0.883. The molecule has 3 rings (SSSR count). The number of hydrogen-bond acceptors (Lipinski definition) is 5. The number of carbonyl (C=O) groups excluding carboxylic acids is 2. The molecular formula is C26H21ClN2O4. The minimum absolute atomic E-state index is 0.217. The molecule has 0 radical (unpaired) electrons. The minimum Gasteiger partial charge on any atom is -0.497 e. The molecule has 0 bridgehead atoms. The van der Waals surface area contributed by atoms with E-state index in [1.165, 1.54) is 6.08 Å². The van der Waals surface area contributed by atoms with Crippen molar-refractivity contribution in [3.63, 3.8) is 0 Å². The molecule has 7 heteroatoms. The maximum atomic E-state index is 12.6. The van der Waals surface area contributed by atoms with Crippen LogP contribution in [0.4, 0.5) is 0 Å². The number of hydrogen-bond donors (Lipinski definition) is 1. The number of methoxy groups -OCH3 is 1. The summed E-state index contributed by atoms with van der Waals surface area (Å²) < 4.78 is 10.2. The van der Waals surface area contributed by atoms with E-state index in [2.05, 4.69) is 5.32 Å². The molecule has 0 saturated carbocycles. The van der Waals surface area contributed by atoms with Gasteiger partial charge in [-0.1, -0.05) is 66.2 Å². The number of amides is 1. The first-order valence-electron chi connectivity index (χ1n) is 10.0. The zero-order valence-corrected chi connectivity index (χ0v) is 18.6. The van der Waals surface area contributed by atoms with Gasteiger partial charge in [-0.15, -0.1) is 0 Å². The summed E-state index contributed by atoms with van der Waals surface area (Å²) >= 11 is 5.99. The lowest BCUT2D eigenvalue weighted by atomic mass is 9.99. The molecule has 33 heavy (non-hydrogen) atoms. The molecule has 1 atom stereocenters. The highest BCUT2D eigenvalue weighted by atomic mass is 35.5. The van der Waals surface area contributed by atoms with Crippen molar-refractivity contribution in [2.45, 2.75) is 6.04 Å². The Morgan fingerprint density at radius 3 is 2.24 bits per heavy atom. The number of benzene rings is 3. The van der Waals surface area contributed by atoms with Gasteiger partial charge in [0.15, 0.2) is 6.61 Å². The van der Waals surface area contributed by atoms with Crippen LogP contribution in [0.1, 0.15) is 22.7 Å². The lowest BCUT2D eigenvalue weighted by Crippen LogP contribution is -2.33. The zero-order valence-electron chi connectivity index (χ0n) is 17.8. The van der Waals surface area contributed by atoms with Crippen molar-refractivity contribution in [2.24, 2.45) is 0 Å². The van der Waals surface area contributed by atoms with Crippen molar-refractivity contribution < 1.29 is 19.1 Å². The maximum Gasteiger partial charge on any atom is 0.349 e. The van der Waals surface area contributed by atoms with Gasteiger partial charge in [0.05, 0.1) is 13.2 Å². The number of nitrogens with zero attached hydrogens (tertiary/aromatic N) is 1. The summed E-state index contributed by atoms with van der Waals surface area (Å²) in [4.78, 5) is 24.9. The number of halogens is 1. The molecule has 0 heterocycles. The summed E-state index contributed by atoms with van der Waals surface area (Å²) in [5, 5.41) is 12.8. The van der Waals surface area contributed by atoms with Gasteiger partial charge in [0.1, 0.15) is 17.4 Å². The van der Waals surface area contributed by atoms with Gasteiger partial charge in [0, 0.05) is 5.02 Å². The van der Waals surface area contributed by atoms with E-state index in [4.69, 9.17) is 21.1 Å². The predicted molar refractivity (Wildman–Crippen MR) is 125 cm³/mol. The summed E-state index contributed by atoms with van der Waals surface area (Å²) in [5.74, 6) is -0.737. The quantitative estimate of drug-likeness (QED) is 0.299. The second-order valence-electron chi connectivity index (χ2n) is 6.98. The fourth-order valence-corrected chi connectivity index (χ4v) is 3.20. The normalized spacial score (nSPS) is 11.7. The topological polar surface area (TPSA) is 88.4 Å². The van der Waals surface area contributed by atoms with Crippen LogP contribution >= 0.6 is 11.6 Å². The molecule has 1 unspecified atom stereocenters. The van der Waals surface area contributed by atoms with Crippen LogP contribution in [0.2, 0.25) is 5.02 Å². The van der Waals surface area contributed by atoms with Crippen molar-refractivity contribution in [1.82, 2.24) is 5.32 Å². The fraction of sp³-hybridized carbons (Fsp3) is 0.115. The molecule has 0 spiro atoms. The van der Waals surface area contributed by atoms with Gasteiger partial charge < -0.3 is 14.8 Å². The van der Waals surface area contributed by atoms with E-state index in [0.29, 0.717) is 16.3 Å². The van der Waals surface area contributed by atoms with Gasteiger partial charge in [-0.2, -0.15) is 5.26 Å². The van der Waals surface area contributed by atoms with Crippen molar-refractivity contribution >= 4 is 29.6 Å². The Morgan fingerprint density at radius 1 is 1.00 bits per heavy atom. The van der Waals surface area contributed by atoms with E-state index in [9.17, 15) is 14.9 Å². The molecule has 0 fully saturated rings. The molecule has 3 aromatic carbocycles. The van der Waals surface area contributed by atoms with Crippen LogP contribution in [-0.4, -0.2) is 25.6 Å². The van der Waals surface area contributed by atoms with Crippen LogP contribution in [-0.2, 0) is 14.3 Å². The summed E-state index contributed by atoms with van der Waals surface area (Å²) in [5.41, 5.74) is 2.09. The van der Waals surface area contributed by atoms with Crippen LogP contribution in [0.5, 0.6) is 5.75 Å². The second kappa shape index (κ2) is 11.5. The number of esters is 1. The maximum absolute atomic E-state index is 12.6. The van der Waals surface area contributed by atoms with Crippen LogP contribution < -0.4 is 10.1 Å². The first-order chi connectivity index (χ1) is 16.0. The standard InChI is InChI=1S/C26H21ClN2O4/c1-32-23-13-7-18(8-14-23)15-21(16-28)26(31)33-17-24(30)29-25(19-5-3-2-4-6-19)20-9-11-22(27)12-10-20/h2-15,25H,17H2,1H3,(H,29,30)/b21-15+. The van der Waals surface area contributed by atoms with E-state index >= 15 is 0 Å². The number of nitrogens with one attached hydrogen (secondary N) is 1. The molecule has 6 nitrogen and oxygen atoms in total. The molecule has 0 aromatic heterocycles. The van der Waals surface area contributed by atoms with Crippen molar-refractivity contribution in [1.29, 1.82) is 5.26 Å². The highest BCUT2D eigenvalue weighted by molar-refractivity contribution is 6.30. The third-order valence-corrected chi connectivity index (χ3v) is 5.00. The average molecular weight is 461 g/mol. The Morgan fingerprint density at radius 2 is 1.64 bits per heavy atom. The molecule has 3 aromatic rings. The SMILES string of the molecule is COc1ccc(/C=C(\C#N)C(=O)OCC(=O)NC(c2ccccc2)c2ccc(Cl)cc2)cc1. The number of rotatable bonds is 8. The van der Waals surface area contributed by atoms with Crippen molar-refractivity contribution in [3.8, 4) is 11.8 Å². The van der Waals surface area contributed by atoms with Gasteiger partial charge >= 0.3 is 5.97 Å². The Bertz CT molecular complexity index is 1170. The molecule has 0 aliphatic heterocycles. The van der Waals surface area contributed by atoms with Crippen LogP contribution in [0.25, 0.3) is 6.08 Å². The first kappa shape index (κ1) is 23.6. The van der Waals surface area contributed by atoms with Gasteiger partial charge in [-0.25, -0.2) is 4.79 Å². The van der Waals surface area contributed by atoms with Gasteiger partial charge in [0.25, 0.3) is 5.91 Å². The lowest BCUT2D eigenvalue weighted by molar-refractivity contribution is -0.144. The smallest absolute Gasteiger partial charge is 0.349 e. The monoisotopic (exact) mass is 460 g/mol. The summed E-state index contributed by atoms with van der Waals surface area (Å²) in [6.07, 6.45) is 1.39. The predicted octanol–water partition coefficient (Wildman–Crippen LogP) is 4.70. The Kier molecular flexibility index (Phi) is 8.23. The molecule has 0 aliphatic rings. The van der Waals surface area contributed by atoms with E-state index in [1.54, 1.807) is 43.5 Å². The summed E-state index contributed by atoms with van der Waals surface area (Å²) in [7, 11) is 1.54. The zero-order chi connectivity index (χ0) is 23.6. The largest absolute Gasteiger partial charge is 0.497 e. The van der Waals surface area contributed by atoms with Crippen molar-refractivity contribution in [2.75, 3.05) is 13.7 Å². The van der Waals surface area contributed by atoms with Crippen molar-refractivity contribution in [3.05, 3.63) is 106 Å². The number of ether oxygens (including phenoxy) is 2. The van der Waals surface area contributed by atoms with Crippen LogP contribution in [0.15, 0.2) is 84.4 Å². The van der Waals surface area contributed by atoms with Crippen LogP contribution in [0, 0.1) is 11.3 Å². The first-order valence-corrected chi connectivity index (χ1v) is 10.4. The highest BCUT2D eigenvalue weighted by Gasteiger charge is 2.19. The van der Waals surface area contributed by atoms with E-state index in [1.807, 2.05) is 48.5 Å². The third kappa shape index (κ3) is 6.70. The van der Waals surface area contributed by atoms with Gasteiger partial charge in [0.2, 0.25) is 0 Å². The third-order valence-electron chi connectivity index (χ3n) is 4.74. The number of carbonyl (C=O) groups is 2. The van der Waals surface area contributed by atoms with Crippen LogP contribution in [0.3, 0.4) is 0 Å². The fourth-order valence-electron chi connectivity index (χ4n) is 3.07. The van der Waals surface area contributed by atoms with E-state index in [-0.39, 0.29) is 5.57 Å². The lowest BCUT2D eigenvalue weighted by Gasteiger charge is -2.20. The summed E-state index contributed by atoms with van der Waals surface area (Å²) in [6.45, 7) is -0.530. The molecule has 166 valence electrons. The second-order valence-corrected chi connectivity index (χ2v) is 7.42. The Labute approximate surface area is 197 Å². The molecule has 1 amide bonds. The van der Waals surface area contributed by atoms with E-state index in [0.717, 1.165) is 11.1 Å². The molecule has 0 saturated heterocycles. The van der Waals surface area contributed by atoms with E-state index < -0.39 is 24.5 Å². The van der Waals surface area contributed by atoms with Gasteiger partial charge in [-0.3, -0.25) is 4.79 Å². The summed E-state index contributed by atoms with van der Waals surface area (Å²) in [6, 6.07) is 24.7. The molecule has 1 N–H and O–H groups in total. The highest BCUT2D eigenvalue weighted by Crippen LogP contribution is 2.23. The van der Waals surface area contributed by atoms with Gasteiger partial charge in [-0.05, 0) is 47.0 Å². The molecule has 0 aliphatic carbocycles.